The Kier molecular flexibility index (Phi) is 5.41. The molecular formula is C23H23F3N4OS. The van der Waals surface area contributed by atoms with Gasteiger partial charge >= 0.3 is 6.18 Å². The summed E-state index contributed by atoms with van der Waals surface area (Å²) < 4.78 is 47.2. The van der Waals surface area contributed by atoms with Crippen molar-refractivity contribution in [1.82, 2.24) is 19.0 Å². The van der Waals surface area contributed by atoms with Gasteiger partial charge in [-0.2, -0.15) is 21.9 Å². The summed E-state index contributed by atoms with van der Waals surface area (Å²) in [6.07, 6.45) is -1.58. The summed E-state index contributed by atoms with van der Waals surface area (Å²) in [7, 11) is 0. The minimum Gasteiger partial charge on any atom is -0.352 e. The van der Waals surface area contributed by atoms with Crippen LogP contribution in [0.15, 0.2) is 42.5 Å². The minimum absolute atomic E-state index is 0.0344. The van der Waals surface area contributed by atoms with Gasteiger partial charge in [0.05, 0.1) is 17.3 Å². The van der Waals surface area contributed by atoms with Crippen LogP contribution in [0.25, 0.3) is 11.0 Å². The zero-order valence-corrected chi connectivity index (χ0v) is 18.2. The smallest absolute Gasteiger partial charge is 0.352 e. The Bertz CT molecular complexity index is 1140. The maximum absolute atomic E-state index is 12.9. The molecule has 1 aliphatic heterocycles. The molecule has 2 fully saturated rings. The van der Waals surface area contributed by atoms with Gasteiger partial charge in [0, 0.05) is 19.0 Å². The number of carbonyl (C=O) groups excluding carboxylic acids is 1. The lowest BCUT2D eigenvalue weighted by Crippen LogP contribution is -2.36. The van der Waals surface area contributed by atoms with E-state index in [1.165, 1.54) is 23.4 Å². The van der Waals surface area contributed by atoms with E-state index in [0.717, 1.165) is 62.1 Å². The number of halogens is 3. The summed E-state index contributed by atoms with van der Waals surface area (Å²) in [4.78, 5) is 15.1. The average Bonchev–Trinajstić information content (AvgIpc) is 3.27. The first-order valence-corrected chi connectivity index (χ1v) is 11.4. The number of likely N-dealkylation sites (tertiary alicyclic amines) is 1. The molecule has 1 saturated carbocycles. The lowest BCUT2D eigenvalue weighted by molar-refractivity contribution is -0.137. The molecule has 1 N–H and O–H groups in total. The van der Waals surface area contributed by atoms with Crippen molar-refractivity contribution in [1.29, 1.82) is 0 Å². The largest absolute Gasteiger partial charge is 0.416 e. The maximum atomic E-state index is 12.9. The standard InChI is InChI=1S/C23H23F3N4OS/c24-23(25,26)17-3-1-2-15(10-17)13-27-21(31)18-12-22(18)6-8-30(9-7-22)14-16-4-5-19-20(11-16)29-32-28-19/h1-5,10-11,18H,6-9,12-14H2,(H,27,31). The van der Waals surface area contributed by atoms with Crippen LogP contribution in [0.5, 0.6) is 0 Å². The van der Waals surface area contributed by atoms with Gasteiger partial charge in [-0.25, -0.2) is 0 Å². The van der Waals surface area contributed by atoms with E-state index in [9.17, 15) is 18.0 Å². The number of benzene rings is 2. The second-order valence-corrected chi connectivity index (χ2v) is 9.43. The quantitative estimate of drug-likeness (QED) is 0.603. The molecule has 1 aliphatic carbocycles. The molecule has 1 amide bonds. The van der Waals surface area contributed by atoms with Crippen molar-refractivity contribution in [3.63, 3.8) is 0 Å². The van der Waals surface area contributed by atoms with E-state index in [0.29, 0.717) is 5.56 Å². The molecule has 1 unspecified atom stereocenters. The molecule has 0 radical (unpaired) electrons. The SMILES string of the molecule is O=C(NCc1cccc(C(F)(F)F)c1)C1CC12CCN(Cc1ccc3nsnc3c1)CC2. The monoisotopic (exact) mass is 460 g/mol. The van der Waals surface area contributed by atoms with Crippen molar-refractivity contribution in [2.24, 2.45) is 11.3 Å². The van der Waals surface area contributed by atoms with E-state index in [2.05, 4.69) is 31.1 Å². The highest BCUT2D eigenvalue weighted by Gasteiger charge is 2.58. The molecule has 2 aliphatic rings. The number of carbonyl (C=O) groups is 1. The van der Waals surface area contributed by atoms with Gasteiger partial charge in [0.25, 0.3) is 0 Å². The molecule has 2 heterocycles. The van der Waals surface area contributed by atoms with Crippen LogP contribution in [0.4, 0.5) is 13.2 Å². The first-order chi connectivity index (χ1) is 15.3. The minimum atomic E-state index is -4.38. The van der Waals surface area contributed by atoms with Crippen LogP contribution in [0.3, 0.4) is 0 Å². The number of amides is 1. The number of alkyl halides is 3. The van der Waals surface area contributed by atoms with Gasteiger partial charge in [-0.05, 0) is 73.2 Å². The van der Waals surface area contributed by atoms with Crippen LogP contribution in [-0.2, 0) is 24.1 Å². The van der Waals surface area contributed by atoms with E-state index < -0.39 is 11.7 Å². The number of rotatable bonds is 5. The van der Waals surface area contributed by atoms with Crippen LogP contribution in [-0.4, -0.2) is 32.6 Å². The zero-order chi connectivity index (χ0) is 22.3. The van der Waals surface area contributed by atoms with Crippen molar-refractivity contribution < 1.29 is 18.0 Å². The predicted molar refractivity (Wildman–Crippen MR) is 116 cm³/mol. The van der Waals surface area contributed by atoms with E-state index in [-0.39, 0.29) is 23.8 Å². The Balaban J connectivity index is 1.12. The molecule has 1 atom stereocenters. The zero-order valence-electron chi connectivity index (χ0n) is 17.4. The molecule has 9 heteroatoms. The van der Waals surface area contributed by atoms with Crippen LogP contribution >= 0.6 is 11.7 Å². The van der Waals surface area contributed by atoms with Crippen molar-refractivity contribution in [3.05, 3.63) is 59.2 Å². The number of hydrogen-bond acceptors (Lipinski definition) is 5. The Morgan fingerprint density at radius 1 is 1.09 bits per heavy atom. The Labute approximate surface area is 188 Å². The molecule has 168 valence electrons. The highest BCUT2D eigenvalue weighted by Crippen LogP contribution is 2.59. The summed E-state index contributed by atoms with van der Waals surface area (Å²) in [5, 5.41) is 2.84. The molecule has 5 nitrogen and oxygen atoms in total. The highest BCUT2D eigenvalue weighted by molar-refractivity contribution is 7.00. The number of fused-ring (bicyclic) bond motifs is 1. The van der Waals surface area contributed by atoms with Gasteiger partial charge in [-0.1, -0.05) is 18.2 Å². The van der Waals surface area contributed by atoms with Gasteiger partial charge in [-0.15, -0.1) is 0 Å². The third kappa shape index (κ3) is 4.36. The van der Waals surface area contributed by atoms with Crippen molar-refractivity contribution >= 4 is 28.7 Å². The fraction of sp³-hybridized carbons (Fsp3) is 0.435. The third-order valence-corrected chi connectivity index (χ3v) is 7.36. The molecule has 1 spiro atoms. The molecule has 32 heavy (non-hydrogen) atoms. The molecular weight excluding hydrogens is 437 g/mol. The van der Waals surface area contributed by atoms with E-state index in [4.69, 9.17) is 0 Å². The fourth-order valence-corrected chi connectivity index (χ4v) is 5.30. The topological polar surface area (TPSA) is 58.1 Å². The third-order valence-electron chi connectivity index (χ3n) is 6.80. The Hall–Kier alpha value is -2.52. The van der Waals surface area contributed by atoms with Crippen molar-refractivity contribution in [3.8, 4) is 0 Å². The summed E-state index contributed by atoms with van der Waals surface area (Å²) in [5.74, 6) is -0.0785. The molecule has 3 aromatic rings. The Morgan fingerprint density at radius 2 is 1.88 bits per heavy atom. The second-order valence-electron chi connectivity index (χ2n) is 8.90. The molecule has 2 aromatic carbocycles. The molecule has 1 saturated heterocycles. The van der Waals surface area contributed by atoms with E-state index >= 15 is 0 Å². The van der Waals surface area contributed by atoms with Crippen LogP contribution in [0.1, 0.15) is 36.0 Å². The maximum Gasteiger partial charge on any atom is 0.416 e. The van der Waals surface area contributed by atoms with Crippen LogP contribution in [0.2, 0.25) is 0 Å². The Morgan fingerprint density at radius 3 is 2.66 bits per heavy atom. The predicted octanol–water partition coefficient (Wildman–Crippen LogP) is 4.63. The lowest BCUT2D eigenvalue weighted by Gasteiger charge is -2.32. The average molecular weight is 461 g/mol. The normalized spacial score (nSPS) is 20.5. The molecule has 5 rings (SSSR count). The highest BCUT2D eigenvalue weighted by atomic mass is 32.1. The van der Waals surface area contributed by atoms with E-state index in [1.54, 1.807) is 6.07 Å². The van der Waals surface area contributed by atoms with Crippen LogP contribution < -0.4 is 5.32 Å². The van der Waals surface area contributed by atoms with Gasteiger partial charge < -0.3 is 5.32 Å². The first kappa shape index (κ1) is 21.3. The first-order valence-electron chi connectivity index (χ1n) is 10.7. The van der Waals surface area contributed by atoms with Gasteiger partial charge in [0.2, 0.25) is 5.91 Å². The van der Waals surface area contributed by atoms with Gasteiger partial charge in [0.15, 0.2) is 0 Å². The van der Waals surface area contributed by atoms with Crippen molar-refractivity contribution in [2.45, 2.75) is 38.5 Å². The number of nitrogens with zero attached hydrogens (tertiary/aromatic N) is 3. The summed E-state index contributed by atoms with van der Waals surface area (Å²) in [5.41, 5.74) is 2.90. The number of aromatic nitrogens is 2. The van der Waals surface area contributed by atoms with Gasteiger partial charge in [0.1, 0.15) is 11.0 Å². The van der Waals surface area contributed by atoms with Gasteiger partial charge in [-0.3, -0.25) is 9.69 Å². The summed E-state index contributed by atoms with van der Waals surface area (Å²) in [6.45, 7) is 2.85. The fourth-order valence-electron chi connectivity index (χ4n) is 4.78. The molecule has 1 aromatic heterocycles. The van der Waals surface area contributed by atoms with Crippen molar-refractivity contribution in [2.75, 3.05) is 13.1 Å². The number of hydrogen-bond donors (Lipinski definition) is 1. The number of piperidine rings is 1. The lowest BCUT2D eigenvalue weighted by atomic mass is 9.90. The molecule has 0 bridgehead atoms. The summed E-state index contributed by atoms with van der Waals surface area (Å²) in [6, 6.07) is 11.3. The van der Waals surface area contributed by atoms with E-state index in [1.807, 2.05) is 6.07 Å². The van der Waals surface area contributed by atoms with Crippen LogP contribution in [0, 0.1) is 11.3 Å². The summed E-state index contributed by atoms with van der Waals surface area (Å²) >= 11 is 1.22. The number of nitrogens with one attached hydrogen (secondary N) is 1. The second kappa shape index (κ2) is 8.12.